The number of nitrogens with zero attached hydrogens (tertiary/aromatic N) is 1. The molecule has 1 aliphatic heterocycles. The van der Waals surface area contributed by atoms with Gasteiger partial charge in [-0.1, -0.05) is 93.0 Å². The van der Waals surface area contributed by atoms with E-state index in [0.29, 0.717) is 0 Å². The number of hydrogen-bond acceptors (Lipinski definition) is 2. The van der Waals surface area contributed by atoms with Crippen molar-refractivity contribution < 1.29 is 5.11 Å². The Balaban J connectivity index is 1.72. The van der Waals surface area contributed by atoms with Crippen LogP contribution in [0.1, 0.15) is 70.7 Å². The maximum atomic E-state index is 11.0. The van der Waals surface area contributed by atoms with Gasteiger partial charge in [-0.25, -0.2) is 0 Å². The molecule has 0 bridgehead atoms. The summed E-state index contributed by atoms with van der Waals surface area (Å²) >= 11 is 3.59. The van der Waals surface area contributed by atoms with Crippen LogP contribution in [0.15, 0.2) is 89.4 Å². The van der Waals surface area contributed by atoms with E-state index < -0.39 is 5.60 Å². The first kappa shape index (κ1) is 25.8. The van der Waals surface area contributed by atoms with Gasteiger partial charge in [0, 0.05) is 15.6 Å². The van der Waals surface area contributed by atoms with Gasteiger partial charge in [0.25, 0.3) is 0 Å². The Kier molecular flexibility index (Phi) is 6.16. The molecule has 1 heterocycles. The normalized spacial score (nSPS) is 14.8. The largest absolute Gasteiger partial charge is 0.386 e. The highest BCUT2D eigenvalue weighted by Gasteiger charge is 2.37. The Labute approximate surface area is 230 Å². The van der Waals surface area contributed by atoms with Crippen LogP contribution >= 0.6 is 15.9 Å². The van der Waals surface area contributed by atoms with Crippen LogP contribution in [-0.4, -0.2) is 5.11 Å². The van der Waals surface area contributed by atoms with Crippen molar-refractivity contribution in [3.63, 3.8) is 0 Å². The lowest BCUT2D eigenvalue weighted by atomic mass is 9.72. The molecule has 0 radical (unpaired) electrons. The maximum absolute atomic E-state index is 11.0. The zero-order valence-electron chi connectivity index (χ0n) is 22.9. The molecule has 0 fully saturated rings. The smallest absolute Gasteiger partial charge is 0.0846 e. The first-order chi connectivity index (χ1) is 17.3. The Morgan fingerprint density at radius 1 is 0.730 bits per heavy atom. The molecule has 0 atom stereocenters. The van der Waals surface area contributed by atoms with Crippen molar-refractivity contribution in [1.29, 1.82) is 0 Å². The molecule has 0 spiro atoms. The molecule has 0 saturated heterocycles. The molecule has 1 aliphatic rings. The second kappa shape index (κ2) is 8.85. The average Bonchev–Trinajstić information content (AvgIpc) is 2.83. The fourth-order valence-electron chi connectivity index (χ4n) is 5.53. The monoisotopic (exact) mass is 553 g/mol. The lowest BCUT2D eigenvalue weighted by Gasteiger charge is -2.42. The minimum absolute atomic E-state index is 0.107. The van der Waals surface area contributed by atoms with Crippen LogP contribution in [0.25, 0.3) is 11.1 Å². The van der Waals surface area contributed by atoms with Gasteiger partial charge in [0.1, 0.15) is 0 Å². The molecule has 5 rings (SSSR count). The third-order valence-electron chi connectivity index (χ3n) is 7.67. The first-order valence-corrected chi connectivity index (χ1v) is 13.8. The lowest BCUT2D eigenvalue weighted by Crippen LogP contribution is -2.30. The summed E-state index contributed by atoms with van der Waals surface area (Å²) in [4.78, 5) is 2.39. The Morgan fingerprint density at radius 3 is 2.03 bits per heavy atom. The van der Waals surface area contributed by atoms with E-state index in [4.69, 9.17) is 0 Å². The molecule has 190 valence electrons. The average molecular weight is 555 g/mol. The van der Waals surface area contributed by atoms with Gasteiger partial charge < -0.3 is 10.0 Å². The second-order valence-corrected chi connectivity index (χ2v) is 13.2. The van der Waals surface area contributed by atoms with Gasteiger partial charge in [0.05, 0.1) is 17.0 Å². The van der Waals surface area contributed by atoms with Gasteiger partial charge in [-0.3, -0.25) is 0 Å². The fraction of sp³-hybridized carbons (Fsp3) is 0.294. The molecule has 2 nitrogen and oxygen atoms in total. The van der Waals surface area contributed by atoms with Crippen molar-refractivity contribution in [3.05, 3.63) is 112 Å². The number of rotatable bonds is 3. The van der Waals surface area contributed by atoms with Crippen molar-refractivity contribution in [2.45, 2.75) is 64.9 Å². The lowest BCUT2D eigenvalue weighted by molar-refractivity contribution is 0.0791. The van der Waals surface area contributed by atoms with Crippen LogP contribution in [0.3, 0.4) is 0 Å². The summed E-state index contributed by atoms with van der Waals surface area (Å²) in [7, 11) is 0. The van der Waals surface area contributed by atoms with Crippen molar-refractivity contribution in [1.82, 2.24) is 0 Å². The standard InChI is InChI=1S/C34H36BrNO/c1-32(2,3)23-13-16-25(17-14-23)36-30-11-9-8-10-27(30)33(4,5)29-20-22(12-19-31(29)36)26-18-15-24(35)21-28(26)34(6,7)37/h8-21,37H,1-7H3. The van der Waals surface area contributed by atoms with E-state index in [2.05, 4.69) is 128 Å². The first-order valence-electron chi connectivity index (χ1n) is 13.0. The van der Waals surface area contributed by atoms with Crippen molar-refractivity contribution in [3.8, 4) is 11.1 Å². The molecular formula is C34H36BrNO. The maximum Gasteiger partial charge on any atom is 0.0846 e. The summed E-state index contributed by atoms with van der Waals surface area (Å²) in [6, 6.07) is 30.7. The van der Waals surface area contributed by atoms with Gasteiger partial charge in [0.15, 0.2) is 0 Å². The summed E-state index contributed by atoms with van der Waals surface area (Å²) in [6.45, 7) is 15.1. The van der Waals surface area contributed by atoms with Gasteiger partial charge in [-0.15, -0.1) is 0 Å². The van der Waals surface area contributed by atoms with E-state index in [9.17, 15) is 5.11 Å². The van der Waals surface area contributed by atoms with Crippen LogP contribution < -0.4 is 4.90 Å². The predicted octanol–water partition coefficient (Wildman–Crippen LogP) is 9.75. The molecule has 0 aromatic heterocycles. The summed E-state index contributed by atoms with van der Waals surface area (Å²) < 4.78 is 0.963. The van der Waals surface area contributed by atoms with Crippen LogP contribution in [0.5, 0.6) is 0 Å². The van der Waals surface area contributed by atoms with Crippen molar-refractivity contribution >= 4 is 33.0 Å². The van der Waals surface area contributed by atoms with Gasteiger partial charge >= 0.3 is 0 Å². The molecule has 0 aliphatic carbocycles. The minimum Gasteiger partial charge on any atom is -0.386 e. The van der Waals surface area contributed by atoms with Crippen LogP contribution in [0, 0.1) is 0 Å². The van der Waals surface area contributed by atoms with Crippen molar-refractivity contribution in [2.24, 2.45) is 0 Å². The summed E-state index contributed by atoms with van der Waals surface area (Å²) in [5, 5.41) is 11.0. The van der Waals surface area contributed by atoms with E-state index in [1.54, 1.807) is 0 Å². The molecule has 4 aromatic rings. The van der Waals surface area contributed by atoms with E-state index in [1.165, 1.54) is 28.1 Å². The van der Waals surface area contributed by atoms with Gasteiger partial charge in [-0.2, -0.15) is 0 Å². The molecule has 3 heteroatoms. The molecule has 0 unspecified atom stereocenters. The number of benzene rings is 4. The van der Waals surface area contributed by atoms with Crippen LogP contribution in [-0.2, 0) is 16.4 Å². The van der Waals surface area contributed by atoms with E-state index >= 15 is 0 Å². The number of aliphatic hydroxyl groups is 1. The van der Waals surface area contributed by atoms with Gasteiger partial charge in [-0.05, 0) is 95.1 Å². The molecule has 4 aromatic carbocycles. The molecule has 0 amide bonds. The van der Waals surface area contributed by atoms with Gasteiger partial charge in [0.2, 0.25) is 0 Å². The quantitative estimate of drug-likeness (QED) is 0.273. The van der Waals surface area contributed by atoms with Crippen molar-refractivity contribution in [2.75, 3.05) is 4.90 Å². The summed E-state index contributed by atoms with van der Waals surface area (Å²) in [5.74, 6) is 0. The number of fused-ring (bicyclic) bond motifs is 2. The number of para-hydroxylation sites is 1. The Bertz CT molecular complexity index is 1470. The fourth-order valence-corrected chi connectivity index (χ4v) is 5.90. The number of anilines is 3. The highest BCUT2D eigenvalue weighted by molar-refractivity contribution is 9.10. The number of hydrogen-bond donors (Lipinski definition) is 1. The molecular weight excluding hydrogens is 518 g/mol. The molecule has 1 N–H and O–H groups in total. The highest BCUT2D eigenvalue weighted by atomic mass is 79.9. The zero-order chi connectivity index (χ0) is 26.8. The third kappa shape index (κ3) is 4.53. The number of halogens is 1. The molecule has 37 heavy (non-hydrogen) atoms. The summed E-state index contributed by atoms with van der Waals surface area (Å²) in [6.07, 6.45) is 0. The van der Waals surface area contributed by atoms with E-state index in [1.807, 2.05) is 26.0 Å². The minimum atomic E-state index is -0.960. The zero-order valence-corrected chi connectivity index (χ0v) is 24.4. The topological polar surface area (TPSA) is 23.5 Å². The SMILES string of the molecule is CC(C)(C)c1ccc(N2c3ccccc3C(C)(C)c3cc(-c4ccc(Br)cc4C(C)(C)O)ccc32)cc1. The summed E-state index contributed by atoms with van der Waals surface area (Å²) in [5.41, 5.74) is 9.50. The Hall–Kier alpha value is -2.88. The highest BCUT2D eigenvalue weighted by Crippen LogP contribution is 2.53. The van der Waals surface area contributed by atoms with Crippen LogP contribution in [0.2, 0.25) is 0 Å². The van der Waals surface area contributed by atoms with Crippen LogP contribution in [0.4, 0.5) is 17.1 Å². The van der Waals surface area contributed by atoms with E-state index in [-0.39, 0.29) is 10.8 Å². The predicted molar refractivity (Wildman–Crippen MR) is 160 cm³/mol. The third-order valence-corrected chi connectivity index (χ3v) is 8.17. The van der Waals surface area contributed by atoms with E-state index in [0.717, 1.165) is 26.9 Å². The Morgan fingerprint density at radius 2 is 1.38 bits per heavy atom. The second-order valence-electron chi connectivity index (χ2n) is 12.3. The molecule has 0 saturated carbocycles.